The molecule has 0 bridgehead atoms. The second kappa shape index (κ2) is 10.3. The molecule has 0 saturated heterocycles. The highest BCUT2D eigenvalue weighted by Gasteiger charge is 2.16. The first-order valence-corrected chi connectivity index (χ1v) is 11.7. The largest absolute Gasteiger partial charge is 0.497 e. The molecule has 0 N–H and O–H groups in total. The van der Waals surface area contributed by atoms with Gasteiger partial charge in [0.05, 0.1) is 19.8 Å². The first kappa shape index (κ1) is 23.3. The van der Waals surface area contributed by atoms with E-state index >= 15 is 0 Å². The minimum atomic E-state index is -3.61. The van der Waals surface area contributed by atoms with Crippen LogP contribution in [-0.2, 0) is 34.4 Å². The normalized spacial score (nSPS) is 11.1. The van der Waals surface area contributed by atoms with Crippen molar-refractivity contribution >= 4 is 16.0 Å². The first-order valence-electron chi connectivity index (χ1n) is 9.85. The molecule has 3 aromatic rings. The Morgan fingerprint density at radius 1 is 0.812 bits per heavy atom. The van der Waals surface area contributed by atoms with Crippen LogP contribution in [0.1, 0.15) is 16.7 Å². The van der Waals surface area contributed by atoms with E-state index < -0.39 is 10.1 Å². The summed E-state index contributed by atoms with van der Waals surface area (Å²) in [5.74, 6) is 0.467. The van der Waals surface area contributed by atoms with E-state index in [1.54, 1.807) is 60.5 Å². The summed E-state index contributed by atoms with van der Waals surface area (Å²) >= 11 is 0. The van der Waals surface area contributed by atoms with Crippen molar-refractivity contribution in [3.05, 3.63) is 95.3 Å². The number of carbonyl (C=O) groups excluding carboxylic acids is 1. The van der Waals surface area contributed by atoms with Crippen molar-refractivity contribution in [1.29, 1.82) is 0 Å². The summed E-state index contributed by atoms with van der Waals surface area (Å²) < 4.78 is 45.9. The van der Waals surface area contributed by atoms with Gasteiger partial charge in [-0.1, -0.05) is 36.4 Å². The van der Waals surface area contributed by atoms with Gasteiger partial charge in [-0.05, 0) is 53.1 Å². The molecule has 0 heterocycles. The van der Waals surface area contributed by atoms with Crippen LogP contribution in [0.15, 0.2) is 72.8 Å². The van der Waals surface area contributed by atoms with E-state index in [2.05, 4.69) is 0 Å². The summed E-state index contributed by atoms with van der Waals surface area (Å²) in [7, 11) is -2.03. The summed E-state index contributed by atoms with van der Waals surface area (Å²) in [4.78, 5) is 14.8. The molecule has 32 heavy (non-hydrogen) atoms. The van der Waals surface area contributed by atoms with E-state index in [9.17, 15) is 17.6 Å². The predicted molar refractivity (Wildman–Crippen MR) is 119 cm³/mol. The average Bonchev–Trinajstić information content (AvgIpc) is 2.75. The van der Waals surface area contributed by atoms with Gasteiger partial charge in [-0.2, -0.15) is 8.42 Å². The van der Waals surface area contributed by atoms with Gasteiger partial charge in [-0.15, -0.1) is 0 Å². The van der Waals surface area contributed by atoms with Crippen molar-refractivity contribution in [2.24, 2.45) is 0 Å². The number of methoxy groups -OCH3 is 1. The Labute approximate surface area is 187 Å². The molecule has 0 aliphatic rings. The van der Waals surface area contributed by atoms with Gasteiger partial charge in [0.2, 0.25) is 5.91 Å². The molecule has 168 valence electrons. The standard InChI is InChI=1S/C24H24FNO5S/c1-30-22-11-5-18(6-12-22)15-24(27)26(16-19-3-9-21(25)10-4-19)17-20-7-13-23(14-8-20)31-32(2,28)29/h3-14H,15-17H2,1-2H3. The minimum Gasteiger partial charge on any atom is -0.497 e. The molecule has 3 aromatic carbocycles. The third kappa shape index (κ3) is 7.09. The van der Waals surface area contributed by atoms with Crippen molar-refractivity contribution in [1.82, 2.24) is 4.90 Å². The average molecular weight is 458 g/mol. The van der Waals surface area contributed by atoms with Gasteiger partial charge in [0.25, 0.3) is 0 Å². The van der Waals surface area contributed by atoms with E-state index in [-0.39, 0.29) is 23.9 Å². The topological polar surface area (TPSA) is 72.9 Å². The molecule has 0 spiro atoms. The maximum Gasteiger partial charge on any atom is 0.306 e. The van der Waals surface area contributed by atoms with Crippen LogP contribution >= 0.6 is 0 Å². The fraction of sp³-hybridized carbons (Fsp3) is 0.208. The van der Waals surface area contributed by atoms with Crippen LogP contribution in [0.4, 0.5) is 4.39 Å². The Bertz CT molecular complexity index is 1140. The lowest BCUT2D eigenvalue weighted by molar-refractivity contribution is -0.131. The van der Waals surface area contributed by atoms with Crippen molar-refractivity contribution in [2.45, 2.75) is 19.5 Å². The van der Waals surface area contributed by atoms with Crippen molar-refractivity contribution in [3.8, 4) is 11.5 Å². The van der Waals surface area contributed by atoms with E-state index in [4.69, 9.17) is 8.92 Å². The molecule has 6 nitrogen and oxygen atoms in total. The molecule has 3 rings (SSSR count). The van der Waals surface area contributed by atoms with Gasteiger partial charge < -0.3 is 13.8 Å². The highest BCUT2D eigenvalue weighted by molar-refractivity contribution is 7.86. The Balaban J connectivity index is 1.77. The number of rotatable bonds is 9. The Kier molecular flexibility index (Phi) is 7.48. The fourth-order valence-corrected chi connectivity index (χ4v) is 3.58. The molecule has 0 unspecified atom stereocenters. The number of amides is 1. The van der Waals surface area contributed by atoms with Crippen molar-refractivity contribution < 1.29 is 26.5 Å². The highest BCUT2D eigenvalue weighted by atomic mass is 32.2. The van der Waals surface area contributed by atoms with Gasteiger partial charge in [0, 0.05) is 13.1 Å². The second-order valence-electron chi connectivity index (χ2n) is 7.33. The quantitative estimate of drug-likeness (QED) is 0.455. The van der Waals surface area contributed by atoms with Crippen LogP contribution in [0.25, 0.3) is 0 Å². The van der Waals surface area contributed by atoms with Gasteiger partial charge in [-0.3, -0.25) is 4.79 Å². The first-order chi connectivity index (χ1) is 15.2. The van der Waals surface area contributed by atoms with Gasteiger partial charge in [0.1, 0.15) is 17.3 Å². The summed E-state index contributed by atoms with van der Waals surface area (Å²) in [6.07, 6.45) is 1.17. The number of halogens is 1. The molecular formula is C24H24FNO5S. The molecule has 0 atom stereocenters. The highest BCUT2D eigenvalue weighted by Crippen LogP contribution is 2.18. The van der Waals surface area contributed by atoms with E-state index in [1.807, 2.05) is 12.1 Å². The smallest absolute Gasteiger partial charge is 0.306 e. The van der Waals surface area contributed by atoms with Crippen LogP contribution in [0, 0.1) is 5.82 Å². The second-order valence-corrected chi connectivity index (χ2v) is 8.91. The zero-order chi connectivity index (χ0) is 23.1. The SMILES string of the molecule is COc1ccc(CC(=O)N(Cc2ccc(F)cc2)Cc2ccc(OS(C)(=O)=O)cc2)cc1. The number of nitrogens with zero attached hydrogens (tertiary/aromatic N) is 1. The number of hydrogen-bond donors (Lipinski definition) is 0. The third-order valence-corrected chi connectivity index (χ3v) is 5.19. The van der Waals surface area contributed by atoms with E-state index in [0.717, 1.165) is 22.9 Å². The molecule has 0 saturated carbocycles. The molecule has 0 radical (unpaired) electrons. The Morgan fingerprint density at radius 3 is 1.78 bits per heavy atom. The predicted octanol–water partition coefficient (Wildman–Crippen LogP) is 3.94. The molecule has 0 aliphatic carbocycles. The zero-order valence-electron chi connectivity index (χ0n) is 17.8. The lowest BCUT2D eigenvalue weighted by atomic mass is 10.1. The van der Waals surface area contributed by atoms with Crippen LogP contribution < -0.4 is 8.92 Å². The van der Waals surface area contributed by atoms with Crippen molar-refractivity contribution in [2.75, 3.05) is 13.4 Å². The number of ether oxygens (including phenoxy) is 1. The zero-order valence-corrected chi connectivity index (χ0v) is 18.6. The molecular weight excluding hydrogens is 433 g/mol. The van der Waals surface area contributed by atoms with Crippen LogP contribution in [0.3, 0.4) is 0 Å². The van der Waals surface area contributed by atoms with Crippen molar-refractivity contribution in [3.63, 3.8) is 0 Å². The maximum atomic E-state index is 13.3. The monoisotopic (exact) mass is 457 g/mol. The lowest BCUT2D eigenvalue weighted by Crippen LogP contribution is -2.31. The van der Waals surface area contributed by atoms with E-state index in [1.165, 1.54) is 12.1 Å². The van der Waals surface area contributed by atoms with Crippen LogP contribution in [0.2, 0.25) is 0 Å². The van der Waals surface area contributed by atoms with Gasteiger partial charge in [0.15, 0.2) is 0 Å². The Morgan fingerprint density at radius 2 is 1.28 bits per heavy atom. The molecule has 8 heteroatoms. The van der Waals surface area contributed by atoms with Crippen LogP contribution in [-0.4, -0.2) is 32.6 Å². The summed E-state index contributed by atoms with van der Waals surface area (Å²) in [6.45, 7) is 0.600. The molecule has 0 aliphatic heterocycles. The number of hydrogen-bond acceptors (Lipinski definition) is 5. The number of carbonyl (C=O) groups is 1. The number of benzene rings is 3. The van der Waals surface area contributed by atoms with Crippen LogP contribution in [0.5, 0.6) is 11.5 Å². The molecule has 1 amide bonds. The Hall–Kier alpha value is -3.39. The molecule has 0 aromatic heterocycles. The minimum absolute atomic E-state index is 0.101. The third-order valence-electron chi connectivity index (χ3n) is 4.70. The maximum absolute atomic E-state index is 13.3. The summed E-state index contributed by atoms with van der Waals surface area (Å²) in [6, 6.07) is 19.8. The van der Waals surface area contributed by atoms with Gasteiger partial charge in [-0.25, -0.2) is 4.39 Å². The fourth-order valence-electron chi connectivity index (χ4n) is 3.12. The molecule has 0 fully saturated rings. The summed E-state index contributed by atoms with van der Waals surface area (Å²) in [5.41, 5.74) is 2.44. The van der Waals surface area contributed by atoms with Gasteiger partial charge >= 0.3 is 10.1 Å². The van der Waals surface area contributed by atoms with E-state index in [0.29, 0.717) is 18.8 Å². The summed E-state index contributed by atoms with van der Waals surface area (Å²) in [5, 5.41) is 0. The lowest BCUT2D eigenvalue weighted by Gasteiger charge is -2.23.